The number of hydrogen-bond acceptors (Lipinski definition) is 7. The third kappa shape index (κ3) is 5.42. The van der Waals surface area contributed by atoms with Crippen molar-refractivity contribution in [2.24, 2.45) is 0 Å². The van der Waals surface area contributed by atoms with Crippen LogP contribution in [0.2, 0.25) is 0 Å². The molecule has 3 aromatic rings. The molecule has 2 aromatic carbocycles. The zero-order valence-corrected chi connectivity index (χ0v) is 20.5. The number of anilines is 3. The summed E-state index contributed by atoms with van der Waals surface area (Å²) in [6.45, 7) is 3.63. The van der Waals surface area contributed by atoms with Gasteiger partial charge in [0.2, 0.25) is 5.95 Å². The number of nitrogens with zero attached hydrogens (tertiary/aromatic N) is 4. The maximum absolute atomic E-state index is 12.6. The summed E-state index contributed by atoms with van der Waals surface area (Å²) in [5.74, 6) is 1.47. The first-order valence-corrected chi connectivity index (χ1v) is 11.8. The Kier molecular flexibility index (Phi) is 6.99. The van der Waals surface area contributed by atoms with Gasteiger partial charge < -0.3 is 20.9 Å². The van der Waals surface area contributed by atoms with Crippen LogP contribution in [0.15, 0.2) is 36.4 Å². The van der Waals surface area contributed by atoms with E-state index in [1.807, 2.05) is 50.2 Å². The van der Waals surface area contributed by atoms with E-state index in [0.717, 1.165) is 48.0 Å². The molecule has 0 radical (unpaired) electrons. The van der Waals surface area contributed by atoms with Gasteiger partial charge in [-0.3, -0.25) is 10.1 Å². The maximum atomic E-state index is 12.6. The molecule has 0 aliphatic heterocycles. The minimum Gasteiger partial charge on any atom is -0.362 e. The van der Waals surface area contributed by atoms with E-state index in [2.05, 4.69) is 20.9 Å². The minimum atomic E-state index is -0.477. The molecule has 1 fully saturated rings. The number of carbonyl (C=O) groups excluding carboxylic acids is 1. The van der Waals surface area contributed by atoms with Gasteiger partial charge in [0.15, 0.2) is 0 Å². The number of aromatic nitrogens is 2. The molecular formula is C25H31N7O3. The van der Waals surface area contributed by atoms with E-state index < -0.39 is 11.0 Å². The first-order valence-electron chi connectivity index (χ1n) is 11.8. The molecule has 4 rings (SSSR count). The maximum Gasteiger partial charge on any atom is 0.319 e. The van der Waals surface area contributed by atoms with Gasteiger partial charge in [0, 0.05) is 37.6 Å². The van der Waals surface area contributed by atoms with E-state index >= 15 is 0 Å². The number of hydrogen-bond donors (Lipinski definition) is 3. The Bertz CT molecular complexity index is 1250. The molecule has 0 saturated heterocycles. The van der Waals surface area contributed by atoms with Gasteiger partial charge in [0.05, 0.1) is 10.4 Å². The minimum absolute atomic E-state index is 0.00733. The molecule has 10 nitrogen and oxygen atoms in total. The van der Waals surface area contributed by atoms with Crippen molar-refractivity contribution in [3.05, 3.63) is 57.6 Å². The Hall–Kier alpha value is -3.95. The lowest BCUT2D eigenvalue weighted by Crippen LogP contribution is -2.42. The molecular weight excluding hydrogens is 446 g/mol. The average Bonchev–Trinajstić information content (AvgIpc) is 2.82. The smallest absolute Gasteiger partial charge is 0.319 e. The number of carbonyl (C=O) groups is 1. The lowest BCUT2D eigenvalue weighted by atomic mass is 9.91. The predicted molar refractivity (Wildman–Crippen MR) is 138 cm³/mol. The number of benzene rings is 2. The van der Waals surface area contributed by atoms with Gasteiger partial charge in [-0.15, -0.1) is 0 Å². The number of aryl methyl sites for hydroxylation is 1. The van der Waals surface area contributed by atoms with Crippen molar-refractivity contribution in [1.82, 2.24) is 15.3 Å². The van der Waals surface area contributed by atoms with Crippen LogP contribution < -0.4 is 20.9 Å². The van der Waals surface area contributed by atoms with Crippen molar-refractivity contribution in [2.75, 3.05) is 29.6 Å². The van der Waals surface area contributed by atoms with Crippen molar-refractivity contribution in [1.29, 1.82) is 0 Å². The molecule has 10 heteroatoms. The van der Waals surface area contributed by atoms with Gasteiger partial charge in [-0.1, -0.05) is 18.2 Å². The zero-order chi connectivity index (χ0) is 25.1. The topological polar surface area (TPSA) is 125 Å². The quantitative estimate of drug-likeness (QED) is 0.345. The standard InChI is InChI=1S/C25H31N7O3/c1-15-9-14-21(32(34)35)22(16(15)2)29-25(33)27-18-12-10-17(11-13-18)26-24-28-20-8-6-5-7-19(20)23(30-24)31(3)4/h5-9,14,17-18H,10-13H2,1-4H3,(H,26,28,30)(H2,27,29,33)/t17-,18+. The summed E-state index contributed by atoms with van der Waals surface area (Å²) < 4.78 is 0. The van der Waals surface area contributed by atoms with Crippen LogP contribution in [0.5, 0.6) is 0 Å². The lowest BCUT2D eigenvalue weighted by molar-refractivity contribution is -0.384. The normalized spacial score (nSPS) is 17.6. The Morgan fingerprint density at radius 3 is 2.40 bits per heavy atom. The highest BCUT2D eigenvalue weighted by Gasteiger charge is 2.25. The van der Waals surface area contributed by atoms with Gasteiger partial charge in [0.1, 0.15) is 11.5 Å². The van der Waals surface area contributed by atoms with Crippen LogP contribution in [-0.4, -0.2) is 47.1 Å². The first-order chi connectivity index (χ1) is 16.7. The van der Waals surface area contributed by atoms with Crippen molar-refractivity contribution in [3.8, 4) is 0 Å². The van der Waals surface area contributed by atoms with Gasteiger partial charge in [-0.2, -0.15) is 4.98 Å². The second-order valence-electron chi connectivity index (χ2n) is 9.23. The summed E-state index contributed by atoms with van der Waals surface area (Å²) in [7, 11) is 3.93. The molecule has 1 heterocycles. The molecule has 184 valence electrons. The van der Waals surface area contributed by atoms with E-state index in [0.29, 0.717) is 11.5 Å². The third-order valence-electron chi connectivity index (χ3n) is 6.55. The molecule has 2 amide bonds. The lowest BCUT2D eigenvalue weighted by Gasteiger charge is -2.30. The highest BCUT2D eigenvalue weighted by Crippen LogP contribution is 2.30. The van der Waals surface area contributed by atoms with E-state index in [9.17, 15) is 14.9 Å². The van der Waals surface area contributed by atoms with Gasteiger partial charge in [-0.25, -0.2) is 9.78 Å². The summed E-state index contributed by atoms with van der Waals surface area (Å²) in [6.07, 6.45) is 3.27. The number of amides is 2. The second-order valence-corrected chi connectivity index (χ2v) is 9.23. The van der Waals surface area contributed by atoms with Crippen molar-refractivity contribution < 1.29 is 9.72 Å². The van der Waals surface area contributed by atoms with Crippen LogP contribution in [-0.2, 0) is 0 Å². The largest absolute Gasteiger partial charge is 0.362 e. The summed E-state index contributed by atoms with van der Waals surface area (Å²) in [5.41, 5.74) is 2.60. The molecule has 0 atom stereocenters. The number of nitro benzene ring substituents is 1. The van der Waals surface area contributed by atoms with Gasteiger partial charge in [0.25, 0.3) is 5.69 Å². The summed E-state index contributed by atoms with van der Waals surface area (Å²) >= 11 is 0. The average molecular weight is 478 g/mol. The molecule has 1 saturated carbocycles. The predicted octanol–water partition coefficient (Wildman–Crippen LogP) is 4.77. The monoisotopic (exact) mass is 477 g/mol. The molecule has 1 aliphatic rings. The van der Waals surface area contributed by atoms with Crippen molar-refractivity contribution >= 4 is 40.1 Å². The fourth-order valence-corrected chi connectivity index (χ4v) is 4.48. The Morgan fingerprint density at radius 2 is 1.71 bits per heavy atom. The van der Waals surface area contributed by atoms with E-state index in [1.165, 1.54) is 6.07 Å². The van der Waals surface area contributed by atoms with E-state index in [1.54, 1.807) is 13.0 Å². The van der Waals surface area contributed by atoms with Crippen LogP contribution in [0, 0.1) is 24.0 Å². The number of nitro groups is 1. The van der Waals surface area contributed by atoms with Crippen LogP contribution in [0.25, 0.3) is 10.9 Å². The highest BCUT2D eigenvalue weighted by atomic mass is 16.6. The molecule has 1 aliphatic carbocycles. The van der Waals surface area contributed by atoms with Crippen molar-refractivity contribution in [2.45, 2.75) is 51.6 Å². The van der Waals surface area contributed by atoms with E-state index in [-0.39, 0.29) is 23.5 Å². The summed E-state index contributed by atoms with van der Waals surface area (Å²) in [4.78, 5) is 34.9. The number of rotatable bonds is 6. The van der Waals surface area contributed by atoms with Crippen LogP contribution >= 0.6 is 0 Å². The molecule has 35 heavy (non-hydrogen) atoms. The van der Waals surface area contributed by atoms with Gasteiger partial charge in [-0.05, 0) is 62.8 Å². The molecule has 0 bridgehead atoms. The van der Waals surface area contributed by atoms with Crippen molar-refractivity contribution in [3.63, 3.8) is 0 Å². The van der Waals surface area contributed by atoms with E-state index in [4.69, 9.17) is 4.98 Å². The summed E-state index contributed by atoms with van der Waals surface area (Å²) in [5, 5.41) is 21.5. The number of nitrogens with one attached hydrogen (secondary N) is 3. The molecule has 0 spiro atoms. The second kappa shape index (κ2) is 10.1. The number of para-hydroxylation sites is 1. The number of urea groups is 1. The van der Waals surface area contributed by atoms with Crippen LogP contribution in [0.4, 0.5) is 27.9 Å². The summed E-state index contributed by atoms with van der Waals surface area (Å²) in [6, 6.07) is 10.8. The highest BCUT2D eigenvalue weighted by molar-refractivity contribution is 5.93. The van der Waals surface area contributed by atoms with Crippen LogP contribution in [0.1, 0.15) is 36.8 Å². The Morgan fingerprint density at radius 1 is 1.03 bits per heavy atom. The zero-order valence-electron chi connectivity index (χ0n) is 20.5. The fourth-order valence-electron chi connectivity index (χ4n) is 4.48. The third-order valence-corrected chi connectivity index (χ3v) is 6.55. The number of fused-ring (bicyclic) bond motifs is 1. The molecule has 0 unspecified atom stereocenters. The molecule has 1 aromatic heterocycles. The SMILES string of the molecule is Cc1ccc([N+](=O)[O-])c(NC(=O)N[C@H]2CC[C@@H](Nc3nc(N(C)C)c4ccccc4n3)CC2)c1C. The van der Waals surface area contributed by atoms with Gasteiger partial charge >= 0.3 is 6.03 Å². The Balaban J connectivity index is 1.36. The Labute approximate surface area is 204 Å². The fraction of sp³-hybridized carbons (Fsp3) is 0.400. The van der Waals surface area contributed by atoms with Crippen LogP contribution in [0.3, 0.4) is 0 Å². The molecule has 3 N–H and O–H groups in total. The first kappa shape index (κ1) is 24.2.